The number of nitrogens with zero attached hydrogens (tertiary/aromatic N) is 1. The van der Waals surface area contributed by atoms with E-state index in [1.807, 2.05) is 61.5 Å². The van der Waals surface area contributed by atoms with Crippen molar-refractivity contribution in [3.05, 3.63) is 60.2 Å². The molecule has 22 heavy (non-hydrogen) atoms. The standard InChI is InChI=1S/C18H19NO3/c1-14-11-19(12-15-7-5-6-10-17(15)22-14)18(20)13-21-16-8-3-2-4-9-16/h2-10,14H,11-13H2,1H3. The molecule has 0 saturated carbocycles. The Morgan fingerprint density at radius 3 is 2.73 bits per heavy atom. The molecule has 114 valence electrons. The maximum absolute atomic E-state index is 12.4. The third-order valence-electron chi connectivity index (χ3n) is 3.60. The molecule has 0 spiro atoms. The lowest BCUT2D eigenvalue weighted by atomic mass is 10.2. The maximum atomic E-state index is 12.4. The average Bonchev–Trinajstić information content (AvgIpc) is 2.71. The highest BCUT2D eigenvalue weighted by molar-refractivity contribution is 5.78. The predicted molar refractivity (Wildman–Crippen MR) is 83.9 cm³/mol. The molecule has 2 aromatic carbocycles. The second-order valence-corrected chi connectivity index (χ2v) is 5.41. The van der Waals surface area contributed by atoms with Crippen LogP contribution in [0.3, 0.4) is 0 Å². The summed E-state index contributed by atoms with van der Waals surface area (Å²) in [4.78, 5) is 14.2. The number of rotatable bonds is 3. The van der Waals surface area contributed by atoms with Crippen LogP contribution in [0.5, 0.6) is 11.5 Å². The number of para-hydroxylation sites is 2. The highest BCUT2D eigenvalue weighted by Crippen LogP contribution is 2.24. The lowest BCUT2D eigenvalue weighted by Crippen LogP contribution is -2.38. The molecule has 0 radical (unpaired) electrons. The van der Waals surface area contributed by atoms with Gasteiger partial charge < -0.3 is 14.4 Å². The molecule has 4 heteroatoms. The van der Waals surface area contributed by atoms with Crippen LogP contribution < -0.4 is 9.47 Å². The summed E-state index contributed by atoms with van der Waals surface area (Å²) in [6, 6.07) is 17.2. The lowest BCUT2D eigenvalue weighted by Gasteiger charge is -2.22. The Hall–Kier alpha value is -2.49. The first-order valence-electron chi connectivity index (χ1n) is 7.42. The van der Waals surface area contributed by atoms with Crippen LogP contribution in [-0.2, 0) is 11.3 Å². The zero-order chi connectivity index (χ0) is 15.4. The average molecular weight is 297 g/mol. The van der Waals surface area contributed by atoms with Gasteiger partial charge >= 0.3 is 0 Å². The Kier molecular flexibility index (Phi) is 4.28. The molecule has 3 rings (SSSR count). The molecule has 1 atom stereocenters. The zero-order valence-electron chi connectivity index (χ0n) is 12.6. The first-order valence-corrected chi connectivity index (χ1v) is 7.42. The van der Waals surface area contributed by atoms with E-state index in [0.717, 1.165) is 11.3 Å². The molecule has 0 saturated heterocycles. The first kappa shape index (κ1) is 14.4. The van der Waals surface area contributed by atoms with Gasteiger partial charge in [0.05, 0.1) is 6.54 Å². The van der Waals surface area contributed by atoms with Gasteiger partial charge in [-0.15, -0.1) is 0 Å². The fraction of sp³-hybridized carbons (Fsp3) is 0.278. The van der Waals surface area contributed by atoms with Gasteiger partial charge in [-0.1, -0.05) is 36.4 Å². The topological polar surface area (TPSA) is 38.8 Å². The number of fused-ring (bicyclic) bond motifs is 1. The number of amides is 1. The number of carbonyl (C=O) groups excluding carboxylic acids is 1. The van der Waals surface area contributed by atoms with E-state index in [0.29, 0.717) is 18.8 Å². The van der Waals surface area contributed by atoms with E-state index >= 15 is 0 Å². The van der Waals surface area contributed by atoms with Crippen molar-refractivity contribution in [2.45, 2.75) is 19.6 Å². The Balaban J connectivity index is 1.67. The van der Waals surface area contributed by atoms with Crippen molar-refractivity contribution in [3.63, 3.8) is 0 Å². The van der Waals surface area contributed by atoms with Crippen molar-refractivity contribution in [2.75, 3.05) is 13.2 Å². The molecule has 1 aliphatic rings. The Bertz CT molecular complexity index is 642. The predicted octanol–water partition coefficient (Wildman–Crippen LogP) is 2.88. The monoisotopic (exact) mass is 297 g/mol. The molecule has 1 aliphatic heterocycles. The first-order chi connectivity index (χ1) is 10.7. The van der Waals surface area contributed by atoms with E-state index in [1.165, 1.54) is 0 Å². The Morgan fingerprint density at radius 2 is 1.91 bits per heavy atom. The van der Waals surface area contributed by atoms with E-state index in [1.54, 1.807) is 4.90 Å². The third kappa shape index (κ3) is 3.39. The molecular formula is C18H19NO3. The van der Waals surface area contributed by atoms with Crippen LogP contribution in [0.15, 0.2) is 54.6 Å². The second-order valence-electron chi connectivity index (χ2n) is 5.41. The summed E-state index contributed by atoms with van der Waals surface area (Å²) in [5.74, 6) is 1.53. The van der Waals surface area contributed by atoms with E-state index in [9.17, 15) is 4.79 Å². The largest absolute Gasteiger partial charge is 0.489 e. The van der Waals surface area contributed by atoms with Gasteiger partial charge in [-0.25, -0.2) is 0 Å². The van der Waals surface area contributed by atoms with Crippen LogP contribution in [0.4, 0.5) is 0 Å². The van der Waals surface area contributed by atoms with Gasteiger partial charge in [-0.2, -0.15) is 0 Å². The van der Waals surface area contributed by atoms with Crippen LogP contribution in [0, 0.1) is 0 Å². The lowest BCUT2D eigenvalue weighted by molar-refractivity contribution is -0.134. The third-order valence-corrected chi connectivity index (χ3v) is 3.60. The van der Waals surface area contributed by atoms with Crippen LogP contribution in [0.25, 0.3) is 0 Å². The summed E-state index contributed by atoms with van der Waals surface area (Å²) < 4.78 is 11.4. The summed E-state index contributed by atoms with van der Waals surface area (Å²) in [6.45, 7) is 3.13. The minimum atomic E-state index is -0.0377. The number of benzene rings is 2. The normalized spacial score (nSPS) is 17.1. The number of hydrogen-bond donors (Lipinski definition) is 0. The SMILES string of the molecule is CC1CN(C(=O)COc2ccccc2)Cc2ccccc2O1. The van der Waals surface area contributed by atoms with Gasteiger partial charge in [0.15, 0.2) is 6.61 Å². The van der Waals surface area contributed by atoms with Crippen molar-refractivity contribution in [3.8, 4) is 11.5 Å². The van der Waals surface area contributed by atoms with Gasteiger partial charge in [0.1, 0.15) is 17.6 Å². The summed E-state index contributed by atoms with van der Waals surface area (Å²) in [7, 11) is 0. The van der Waals surface area contributed by atoms with Crippen LogP contribution in [-0.4, -0.2) is 30.1 Å². The van der Waals surface area contributed by atoms with Gasteiger partial charge in [0.2, 0.25) is 0 Å². The fourth-order valence-corrected chi connectivity index (χ4v) is 2.53. The van der Waals surface area contributed by atoms with Crippen LogP contribution in [0.1, 0.15) is 12.5 Å². The van der Waals surface area contributed by atoms with E-state index < -0.39 is 0 Å². The van der Waals surface area contributed by atoms with Crippen molar-refractivity contribution < 1.29 is 14.3 Å². The smallest absolute Gasteiger partial charge is 0.260 e. The Morgan fingerprint density at radius 1 is 1.18 bits per heavy atom. The summed E-state index contributed by atoms with van der Waals surface area (Å²) >= 11 is 0. The molecule has 4 nitrogen and oxygen atoms in total. The summed E-state index contributed by atoms with van der Waals surface area (Å²) in [5.41, 5.74) is 1.03. The second kappa shape index (κ2) is 6.52. The molecule has 0 fully saturated rings. The molecule has 0 bridgehead atoms. The van der Waals surface area contributed by atoms with Crippen molar-refractivity contribution in [2.24, 2.45) is 0 Å². The minimum Gasteiger partial charge on any atom is -0.489 e. The minimum absolute atomic E-state index is 0.0315. The molecule has 2 aromatic rings. The zero-order valence-corrected chi connectivity index (χ0v) is 12.6. The van der Waals surface area contributed by atoms with Crippen molar-refractivity contribution in [1.29, 1.82) is 0 Å². The van der Waals surface area contributed by atoms with Gasteiger partial charge in [0, 0.05) is 12.1 Å². The van der Waals surface area contributed by atoms with E-state index in [-0.39, 0.29) is 18.6 Å². The summed E-state index contributed by atoms with van der Waals surface area (Å²) in [5, 5.41) is 0. The van der Waals surface area contributed by atoms with Gasteiger partial charge in [-0.05, 0) is 25.1 Å². The van der Waals surface area contributed by atoms with Crippen LogP contribution in [0.2, 0.25) is 0 Å². The van der Waals surface area contributed by atoms with Gasteiger partial charge in [0.25, 0.3) is 5.91 Å². The van der Waals surface area contributed by atoms with Crippen molar-refractivity contribution >= 4 is 5.91 Å². The Labute approximate surface area is 130 Å². The highest BCUT2D eigenvalue weighted by Gasteiger charge is 2.23. The maximum Gasteiger partial charge on any atom is 0.260 e. The fourth-order valence-electron chi connectivity index (χ4n) is 2.53. The molecule has 0 aliphatic carbocycles. The molecule has 0 N–H and O–H groups in total. The van der Waals surface area contributed by atoms with Crippen LogP contribution >= 0.6 is 0 Å². The number of ether oxygens (including phenoxy) is 2. The molecule has 1 unspecified atom stereocenters. The number of carbonyl (C=O) groups is 1. The van der Waals surface area contributed by atoms with Crippen molar-refractivity contribution in [1.82, 2.24) is 4.90 Å². The quantitative estimate of drug-likeness (QED) is 0.874. The molecular weight excluding hydrogens is 278 g/mol. The molecule has 1 amide bonds. The summed E-state index contributed by atoms with van der Waals surface area (Å²) in [6.07, 6.45) is -0.0377. The highest BCUT2D eigenvalue weighted by atomic mass is 16.5. The number of hydrogen-bond acceptors (Lipinski definition) is 3. The molecule has 1 heterocycles. The van der Waals surface area contributed by atoms with E-state index in [4.69, 9.17) is 9.47 Å². The van der Waals surface area contributed by atoms with E-state index in [2.05, 4.69) is 0 Å². The van der Waals surface area contributed by atoms with Gasteiger partial charge in [-0.3, -0.25) is 4.79 Å². The molecule has 0 aromatic heterocycles.